The second-order valence-corrected chi connectivity index (χ2v) is 5.13. The molecule has 1 N–H and O–H groups in total. The quantitative estimate of drug-likeness (QED) is 0.498. The first kappa shape index (κ1) is 6.95. The molecule has 1 heterocycles. The van der Waals surface area contributed by atoms with Crippen LogP contribution in [0.5, 0.6) is 0 Å². The third kappa shape index (κ3) is 1.62. The maximum atomic E-state index is 10.3. The molecule has 0 saturated carbocycles. The molecule has 1 aromatic heterocycles. The van der Waals surface area contributed by atoms with Crippen LogP contribution in [0.15, 0.2) is 15.0 Å². The van der Waals surface area contributed by atoms with Gasteiger partial charge in [0.1, 0.15) is 0 Å². The molecule has 0 unspecified atom stereocenters. The number of hydrogen-bond acceptors (Lipinski definition) is 3. The zero-order chi connectivity index (χ0) is 6.91. The Morgan fingerprint density at radius 2 is 2.33 bits per heavy atom. The minimum atomic E-state index is -3.94. The van der Waals surface area contributed by atoms with E-state index in [-0.39, 0.29) is 18.3 Å². The molecule has 4 nitrogen and oxygen atoms in total. The van der Waals surface area contributed by atoms with E-state index >= 15 is 0 Å². The van der Waals surface area contributed by atoms with Crippen molar-refractivity contribution in [2.24, 2.45) is 0 Å². The zero-order valence-electron chi connectivity index (χ0n) is 4.18. The minimum absolute atomic E-state index is 0.0231. The predicted molar refractivity (Wildman–Crippen MR) is 31.0 cm³/mol. The van der Waals surface area contributed by atoms with E-state index in [0.29, 0.717) is 0 Å². The summed E-state index contributed by atoms with van der Waals surface area (Å²) in [5, 5.41) is 1.48. The monoisotopic (exact) mass is 213 g/mol. The summed E-state index contributed by atoms with van der Waals surface area (Å²) in [6.07, 6.45) is 1.16. The van der Waals surface area contributed by atoms with Crippen molar-refractivity contribution in [2.45, 2.75) is 3.77 Å². The summed E-state index contributed by atoms with van der Waals surface area (Å²) in [6.45, 7) is 0. The van der Waals surface area contributed by atoms with Gasteiger partial charge in [-0.3, -0.25) is 0 Å². The van der Waals surface area contributed by atoms with E-state index in [0.717, 1.165) is 6.20 Å². The Hall–Kier alpha value is -0.161. The van der Waals surface area contributed by atoms with Gasteiger partial charge in [-0.15, -0.1) is 0 Å². The van der Waals surface area contributed by atoms with Crippen LogP contribution in [-0.4, -0.2) is 32.5 Å². The van der Waals surface area contributed by atoms with Gasteiger partial charge >= 0.3 is 57.6 Å². The van der Waals surface area contributed by atoms with Gasteiger partial charge in [0.25, 0.3) is 0 Å². The standard InChI is InChI=1S/C3H3NO3SSe/c5-8(6,7)3-1-4-2-9-3/h1-2H,(H,5,6,7). The molecule has 0 aliphatic heterocycles. The molecule has 0 spiro atoms. The van der Waals surface area contributed by atoms with Crippen LogP contribution in [0.4, 0.5) is 0 Å². The zero-order valence-corrected chi connectivity index (χ0v) is 6.71. The van der Waals surface area contributed by atoms with E-state index in [4.69, 9.17) is 4.55 Å². The number of rotatable bonds is 1. The van der Waals surface area contributed by atoms with Crippen LogP contribution in [0.3, 0.4) is 0 Å². The third-order valence-corrected chi connectivity index (χ3v) is 4.29. The maximum absolute atomic E-state index is 10.3. The topological polar surface area (TPSA) is 67.3 Å². The van der Waals surface area contributed by atoms with Gasteiger partial charge in [0.2, 0.25) is 0 Å². The van der Waals surface area contributed by atoms with Crippen LogP contribution >= 0.6 is 0 Å². The van der Waals surface area contributed by atoms with Crippen molar-refractivity contribution in [3.63, 3.8) is 0 Å². The average Bonchev–Trinajstić information content (AvgIpc) is 2.08. The van der Waals surface area contributed by atoms with Crippen LogP contribution in [0.2, 0.25) is 0 Å². The summed E-state index contributed by atoms with van der Waals surface area (Å²) >= 11 is -0.298. The Morgan fingerprint density at radius 1 is 1.67 bits per heavy atom. The van der Waals surface area contributed by atoms with Crippen molar-refractivity contribution in [2.75, 3.05) is 0 Å². The molecule has 50 valence electrons. The predicted octanol–water partition coefficient (Wildman–Crippen LogP) is -0.615. The Labute approximate surface area is 58.0 Å². The first-order valence-corrected chi connectivity index (χ1v) is 5.25. The van der Waals surface area contributed by atoms with E-state index in [9.17, 15) is 8.42 Å². The second kappa shape index (κ2) is 2.22. The average molecular weight is 212 g/mol. The van der Waals surface area contributed by atoms with Crippen LogP contribution in [0.25, 0.3) is 0 Å². The molecule has 1 aromatic rings. The fourth-order valence-corrected chi connectivity index (χ4v) is 2.36. The van der Waals surface area contributed by atoms with E-state index in [1.165, 1.54) is 5.07 Å². The normalized spacial score (nSPS) is 11.7. The molecule has 0 radical (unpaired) electrons. The number of nitrogens with zero attached hydrogens (tertiary/aromatic N) is 1. The van der Waals surface area contributed by atoms with Gasteiger partial charge in [-0.05, 0) is 0 Å². The Bertz CT molecular complexity index is 276. The first-order chi connectivity index (χ1) is 4.11. The molecule has 0 fully saturated rings. The molecule has 0 aliphatic rings. The summed E-state index contributed by atoms with van der Waals surface area (Å²) in [6, 6.07) is 0. The van der Waals surface area contributed by atoms with E-state index in [1.807, 2.05) is 0 Å². The molecule has 0 atom stereocenters. The molecular formula is C3H3NO3SSe. The molecule has 0 aliphatic carbocycles. The van der Waals surface area contributed by atoms with Gasteiger partial charge < -0.3 is 0 Å². The van der Waals surface area contributed by atoms with Crippen molar-refractivity contribution in [1.29, 1.82) is 0 Å². The summed E-state index contributed by atoms with van der Waals surface area (Å²) in [4.78, 5) is 3.53. The van der Waals surface area contributed by atoms with Crippen LogP contribution in [0, 0.1) is 0 Å². The third-order valence-electron chi connectivity index (χ3n) is 0.664. The van der Waals surface area contributed by atoms with Crippen molar-refractivity contribution >= 4 is 24.6 Å². The van der Waals surface area contributed by atoms with Gasteiger partial charge in [0, 0.05) is 0 Å². The molecule has 0 saturated heterocycles. The molecule has 1 rings (SSSR count). The molecule has 0 bridgehead atoms. The number of aromatic nitrogens is 1. The first-order valence-electron chi connectivity index (χ1n) is 1.96. The van der Waals surface area contributed by atoms with Gasteiger partial charge in [0.15, 0.2) is 0 Å². The summed E-state index contributed by atoms with van der Waals surface area (Å²) in [5.74, 6) is 0. The number of hydrogen-bond donors (Lipinski definition) is 1. The Kier molecular flexibility index (Phi) is 1.72. The Morgan fingerprint density at radius 3 is 2.56 bits per heavy atom. The van der Waals surface area contributed by atoms with Crippen molar-refractivity contribution < 1.29 is 13.0 Å². The Balaban J connectivity index is 3.20. The van der Waals surface area contributed by atoms with E-state index in [2.05, 4.69) is 4.98 Å². The van der Waals surface area contributed by atoms with Crippen LogP contribution < -0.4 is 0 Å². The van der Waals surface area contributed by atoms with Gasteiger partial charge in [-0.25, -0.2) is 0 Å². The summed E-state index contributed by atoms with van der Waals surface area (Å²) < 4.78 is 28.9. The van der Waals surface area contributed by atoms with Gasteiger partial charge in [0.05, 0.1) is 0 Å². The second-order valence-electron chi connectivity index (χ2n) is 1.30. The van der Waals surface area contributed by atoms with Crippen molar-refractivity contribution in [3.8, 4) is 0 Å². The fourth-order valence-electron chi connectivity index (χ4n) is 0.331. The molecule has 0 aromatic carbocycles. The molecule has 0 amide bonds. The van der Waals surface area contributed by atoms with E-state index < -0.39 is 10.1 Å². The van der Waals surface area contributed by atoms with Crippen molar-refractivity contribution in [1.82, 2.24) is 4.98 Å². The van der Waals surface area contributed by atoms with Crippen molar-refractivity contribution in [3.05, 3.63) is 11.3 Å². The molecule has 9 heavy (non-hydrogen) atoms. The molecular weight excluding hydrogens is 209 g/mol. The van der Waals surface area contributed by atoms with Gasteiger partial charge in [-0.1, -0.05) is 0 Å². The SMILES string of the molecule is O=S(=O)(O)c1cnc[se]1. The van der Waals surface area contributed by atoms with Gasteiger partial charge in [-0.2, -0.15) is 0 Å². The van der Waals surface area contributed by atoms with Crippen LogP contribution in [-0.2, 0) is 10.1 Å². The summed E-state index contributed by atoms with van der Waals surface area (Å²) in [7, 11) is -3.94. The fraction of sp³-hybridized carbons (Fsp3) is 0. The molecule has 6 heteroatoms. The summed E-state index contributed by atoms with van der Waals surface area (Å²) in [5.41, 5.74) is 0. The van der Waals surface area contributed by atoms with Crippen LogP contribution in [0.1, 0.15) is 0 Å². The van der Waals surface area contributed by atoms with E-state index in [1.54, 1.807) is 0 Å².